The zero-order chi connectivity index (χ0) is 91.8. The average molecular weight is 1780 g/mol. The molecule has 0 atom stereocenters. The highest BCUT2D eigenvalue weighted by atomic mass is 15.3. The zero-order valence-corrected chi connectivity index (χ0v) is 75.2. The lowest BCUT2D eigenvalue weighted by Crippen LogP contribution is -2.13. The fourth-order valence-electron chi connectivity index (χ4n) is 20.8. The SMILES string of the molecule is c1ccc(-c2ccc(-c3cnc(-n4c5ccccc5c5c6c7ccccc7n(-c7ccccc7)c6ccc54)nc3)cc2)cc1.c1ccc(-c2ccc(-n3c4ccccc4c4c5c6ccccc6n(-c6ncc(-c7ccccc7)cn6)c5ccc43)cc2)cc1.c1ccc(-c2cnc(N(c3ccc(-n4c5ccccc5c5ccccc54)cc3)c3ccc4c(c3)c3ccccc3n4-c3ccccc3)nc2)cc1. The monoisotopic (exact) mass is 1780 g/mol. The van der Waals surface area contributed by atoms with Crippen molar-refractivity contribution in [3.8, 4) is 90.3 Å². The molecule has 28 rings (SSSR count). The Morgan fingerprint density at radius 1 is 0.144 bits per heavy atom. The van der Waals surface area contributed by atoms with Gasteiger partial charge < -0.3 is 18.3 Å². The van der Waals surface area contributed by atoms with Crippen LogP contribution in [0.15, 0.2) is 504 Å². The minimum absolute atomic E-state index is 0.602. The first-order chi connectivity index (χ1) is 69.0. The predicted molar refractivity (Wildman–Crippen MR) is 574 cm³/mol. The van der Waals surface area contributed by atoms with Crippen molar-refractivity contribution in [3.63, 3.8) is 0 Å². The molecule has 13 nitrogen and oxygen atoms in total. The summed E-state index contributed by atoms with van der Waals surface area (Å²) in [5.74, 6) is 1.92. The van der Waals surface area contributed by atoms with Crippen molar-refractivity contribution in [2.24, 2.45) is 0 Å². The molecule has 9 aromatic heterocycles. The lowest BCUT2D eigenvalue weighted by molar-refractivity contribution is 0.990. The molecular weight excluding hydrogens is 1700 g/mol. The molecule has 0 N–H and O–H groups in total. The predicted octanol–water partition coefficient (Wildman–Crippen LogP) is 31.8. The summed E-state index contributed by atoms with van der Waals surface area (Å²) < 4.78 is 13.8. The fraction of sp³-hybridized carbons (Fsp3) is 0. The molecule has 9 heterocycles. The van der Waals surface area contributed by atoms with Gasteiger partial charge in [0.25, 0.3) is 0 Å². The molecule has 0 aliphatic heterocycles. The molecule has 0 aliphatic carbocycles. The Bertz CT molecular complexity index is 9260. The van der Waals surface area contributed by atoms with Crippen molar-refractivity contribution in [1.29, 1.82) is 0 Å². The van der Waals surface area contributed by atoms with E-state index in [9.17, 15) is 0 Å². The number of para-hydroxylation sites is 9. The van der Waals surface area contributed by atoms with Crippen LogP contribution in [0.4, 0.5) is 17.3 Å². The largest absolute Gasteiger partial charge is 0.309 e. The maximum Gasteiger partial charge on any atom is 0.234 e. The van der Waals surface area contributed by atoms with E-state index in [1.807, 2.05) is 79.6 Å². The highest BCUT2D eigenvalue weighted by molar-refractivity contribution is 6.30. The molecule has 0 spiro atoms. The lowest BCUT2D eigenvalue weighted by atomic mass is 10.0. The fourth-order valence-corrected chi connectivity index (χ4v) is 20.8. The number of hydrogen-bond donors (Lipinski definition) is 0. The van der Waals surface area contributed by atoms with Gasteiger partial charge in [-0.05, 0) is 185 Å². The summed E-state index contributed by atoms with van der Waals surface area (Å²) in [6.45, 7) is 0. The number of aromatic nitrogens is 12. The van der Waals surface area contributed by atoms with E-state index in [1.165, 1.54) is 126 Å². The minimum Gasteiger partial charge on any atom is -0.309 e. The van der Waals surface area contributed by atoms with Gasteiger partial charge in [0, 0.05) is 153 Å². The van der Waals surface area contributed by atoms with E-state index in [-0.39, 0.29) is 0 Å². The number of anilines is 3. The number of hydrogen-bond acceptors (Lipinski definition) is 7. The van der Waals surface area contributed by atoms with Crippen molar-refractivity contribution in [2.45, 2.75) is 0 Å². The third kappa shape index (κ3) is 14.0. The maximum absolute atomic E-state index is 4.96. The van der Waals surface area contributed by atoms with E-state index in [0.717, 1.165) is 95.1 Å². The first-order valence-corrected chi connectivity index (χ1v) is 46.8. The van der Waals surface area contributed by atoms with Crippen LogP contribution < -0.4 is 4.90 Å². The van der Waals surface area contributed by atoms with Crippen LogP contribution in [0.5, 0.6) is 0 Å². The van der Waals surface area contributed by atoms with Gasteiger partial charge >= 0.3 is 0 Å². The summed E-state index contributed by atoms with van der Waals surface area (Å²) in [4.78, 5) is 31.7. The topological polar surface area (TPSA) is 110 Å². The van der Waals surface area contributed by atoms with Gasteiger partial charge in [-0.1, -0.05) is 322 Å². The van der Waals surface area contributed by atoms with Gasteiger partial charge in [-0.2, -0.15) is 0 Å². The second-order valence-corrected chi connectivity index (χ2v) is 35.0. The number of fused-ring (bicyclic) bond motifs is 20. The van der Waals surface area contributed by atoms with E-state index in [1.54, 1.807) is 0 Å². The first-order valence-electron chi connectivity index (χ1n) is 46.8. The smallest absolute Gasteiger partial charge is 0.234 e. The normalized spacial score (nSPS) is 11.6. The molecule has 28 aromatic rings. The summed E-state index contributed by atoms with van der Waals surface area (Å²) >= 11 is 0. The molecular formula is C126H83N13. The van der Waals surface area contributed by atoms with Gasteiger partial charge in [-0.15, -0.1) is 0 Å². The van der Waals surface area contributed by atoms with Crippen LogP contribution in [0.1, 0.15) is 0 Å². The molecule has 13 heteroatoms. The molecule has 652 valence electrons. The third-order valence-electron chi connectivity index (χ3n) is 27.1. The lowest BCUT2D eigenvalue weighted by Gasteiger charge is -2.24. The highest BCUT2D eigenvalue weighted by Gasteiger charge is 2.27. The van der Waals surface area contributed by atoms with E-state index < -0.39 is 0 Å². The Kier molecular flexibility index (Phi) is 19.9. The Morgan fingerprint density at radius 2 is 0.360 bits per heavy atom. The molecule has 0 saturated heterocycles. The first kappa shape index (κ1) is 80.8. The Labute approximate surface area is 799 Å². The van der Waals surface area contributed by atoms with Crippen LogP contribution in [0, 0.1) is 0 Å². The molecule has 0 amide bonds. The Morgan fingerprint density at radius 3 is 0.712 bits per heavy atom. The highest BCUT2D eigenvalue weighted by Crippen LogP contribution is 2.47. The third-order valence-corrected chi connectivity index (χ3v) is 27.1. The van der Waals surface area contributed by atoms with Crippen molar-refractivity contribution in [2.75, 3.05) is 4.90 Å². The number of rotatable bonds is 14. The van der Waals surface area contributed by atoms with E-state index in [4.69, 9.17) is 29.9 Å². The van der Waals surface area contributed by atoms with Crippen molar-refractivity contribution < 1.29 is 0 Å². The zero-order valence-electron chi connectivity index (χ0n) is 75.2. The van der Waals surface area contributed by atoms with Gasteiger partial charge in [-0.25, -0.2) is 29.9 Å². The molecule has 0 unspecified atom stereocenters. The number of benzene rings is 19. The van der Waals surface area contributed by atoms with Crippen molar-refractivity contribution >= 4 is 148 Å². The van der Waals surface area contributed by atoms with Crippen molar-refractivity contribution in [3.05, 3.63) is 504 Å². The molecule has 0 aliphatic rings. The van der Waals surface area contributed by atoms with E-state index in [0.29, 0.717) is 17.8 Å². The van der Waals surface area contributed by atoms with Crippen LogP contribution in [0.25, 0.3) is 221 Å². The maximum atomic E-state index is 4.96. The summed E-state index contributed by atoms with van der Waals surface area (Å²) in [7, 11) is 0. The van der Waals surface area contributed by atoms with Crippen molar-refractivity contribution in [1.82, 2.24) is 57.3 Å². The van der Waals surface area contributed by atoms with Gasteiger partial charge in [0.05, 0.1) is 66.2 Å². The summed E-state index contributed by atoms with van der Waals surface area (Å²) in [5.41, 5.74) is 31.3. The second kappa shape index (κ2) is 34.2. The molecule has 0 saturated carbocycles. The molecule has 0 fully saturated rings. The summed E-state index contributed by atoms with van der Waals surface area (Å²) in [6.07, 6.45) is 11.5. The van der Waals surface area contributed by atoms with Crippen LogP contribution in [-0.4, -0.2) is 57.3 Å². The molecule has 19 aromatic carbocycles. The standard InChI is InChI=1S/C46H31N5.2C40H26N4/c1-3-13-32(14-4-1)33-30-47-46(48-31-33)49(35-23-25-36(26-24-35)51-42-20-10-7-17-38(42)39-18-8-11-21-43(39)51)37-27-28-45-41(29-37)40-19-9-12-22-44(40)50(45)34-15-5-2-6-16-34;1-3-11-27(12-4-1)28-19-21-29(22-20-28)30-25-41-40(42-26-30)44-35-18-10-8-16-33(35)39-37(44)24-23-36-38(39)32-15-7-9-17-34(32)43(36)31-13-5-2-6-14-31;1-3-11-27(12-4-1)29-19-21-31(22-20-29)43-34-17-9-7-15-32(34)38-36(43)23-24-37-39(38)33-16-8-10-18-35(33)44(37)40-41-25-30(26-42-40)28-13-5-2-6-14-28/h1-31H;2*1-26H. The van der Waals surface area contributed by atoms with Gasteiger partial charge in [-0.3, -0.25) is 14.0 Å². The molecule has 0 radical (unpaired) electrons. The minimum atomic E-state index is 0.602. The number of nitrogens with zero attached hydrogens (tertiary/aromatic N) is 13. The summed E-state index contributed by atoms with van der Waals surface area (Å²) in [6, 6.07) is 165. The Balaban J connectivity index is 0.000000108. The Hall–Kier alpha value is -19.0. The average Bonchev–Trinajstić information content (AvgIpc) is 1.55. The van der Waals surface area contributed by atoms with E-state index in [2.05, 4.69) is 457 Å². The van der Waals surface area contributed by atoms with Crippen LogP contribution in [-0.2, 0) is 0 Å². The van der Waals surface area contributed by atoms with Crippen LogP contribution in [0.3, 0.4) is 0 Å². The van der Waals surface area contributed by atoms with E-state index >= 15 is 0 Å². The van der Waals surface area contributed by atoms with Gasteiger partial charge in [0.15, 0.2) is 0 Å². The molecule has 0 bridgehead atoms. The molecule has 139 heavy (non-hydrogen) atoms. The van der Waals surface area contributed by atoms with Crippen LogP contribution in [0.2, 0.25) is 0 Å². The second-order valence-electron chi connectivity index (χ2n) is 35.0. The van der Waals surface area contributed by atoms with Crippen LogP contribution >= 0.6 is 0 Å². The van der Waals surface area contributed by atoms with Gasteiger partial charge in [0.2, 0.25) is 17.8 Å². The summed E-state index contributed by atoms with van der Waals surface area (Å²) in [5, 5.41) is 14.6. The van der Waals surface area contributed by atoms with Gasteiger partial charge in [0.1, 0.15) is 0 Å². The quantitative estimate of drug-likeness (QED) is 0.107.